The van der Waals surface area contributed by atoms with Gasteiger partial charge in [0.05, 0.1) is 0 Å². The summed E-state index contributed by atoms with van der Waals surface area (Å²) >= 11 is 0. The van der Waals surface area contributed by atoms with Crippen molar-refractivity contribution < 1.29 is 14.7 Å². The summed E-state index contributed by atoms with van der Waals surface area (Å²) in [7, 11) is 0. The fourth-order valence-electron chi connectivity index (χ4n) is 2.14. The highest BCUT2D eigenvalue weighted by Crippen LogP contribution is 2.19. The van der Waals surface area contributed by atoms with Crippen molar-refractivity contribution in [3.63, 3.8) is 0 Å². The summed E-state index contributed by atoms with van der Waals surface area (Å²) in [6, 6.07) is -0.783. The number of nitrogens with two attached hydrogens (primary N) is 1. The van der Waals surface area contributed by atoms with E-state index in [9.17, 15) is 9.59 Å². The van der Waals surface area contributed by atoms with Crippen LogP contribution in [-0.4, -0.2) is 40.5 Å². The van der Waals surface area contributed by atoms with Gasteiger partial charge in [-0.05, 0) is 19.3 Å². The first-order chi connectivity index (χ1) is 7.56. The standard InChI is InChI=1S/C11H20N2O3/c1-2-4-8(12)7-10(14)13-6-3-5-9(13)11(15)16/h8-9H,2-7,12H2,1H3,(H,15,16)/t8?,9-/m1/s1. The molecule has 5 nitrogen and oxygen atoms in total. The Morgan fingerprint density at radius 3 is 2.81 bits per heavy atom. The first-order valence-corrected chi connectivity index (χ1v) is 5.84. The number of aliphatic carboxylic acids is 1. The van der Waals surface area contributed by atoms with E-state index in [1.54, 1.807) is 0 Å². The molecule has 2 atom stereocenters. The lowest BCUT2D eigenvalue weighted by molar-refractivity contribution is -0.148. The lowest BCUT2D eigenvalue weighted by Crippen LogP contribution is -2.42. The highest BCUT2D eigenvalue weighted by Gasteiger charge is 2.33. The van der Waals surface area contributed by atoms with Crippen LogP contribution >= 0.6 is 0 Å². The van der Waals surface area contributed by atoms with Gasteiger partial charge >= 0.3 is 5.97 Å². The van der Waals surface area contributed by atoms with Crippen LogP contribution in [0.5, 0.6) is 0 Å². The predicted octanol–water partition coefficient (Wildman–Crippen LogP) is 0.580. The molecule has 0 bridgehead atoms. The van der Waals surface area contributed by atoms with Crippen molar-refractivity contribution >= 4 is 11.9 Å². The minimum absolute atomic E-state index is 0.120. The molecule has 0 aromatic carbocycles. The zero-order valence-electron chi connectivity index (χ0n) is 9.69. The van der Waals surface area contributed by atoms with Crippen LogP contribution < -0.4 is 5.73 Å². The second-order valence-corrected chi connectivity index (χ2v) is 4.34. The van der Waals surface area contributed by atoms with E-state index in [4.69, 9.17) is 10.8 Å². The van der Waals surface area contributed by atoms with Crippen molar-refractivity contribution in [3.05, 3.63) is 0 Å². The number of carboxylic acid groups (broad SMARTS) is 1. The number of likely N-dealkylation sites (tertiary alicyclic amines) is 1. The maximum absolute atomic E-state index is 11.8. The van der Waals surface area contributed by atoms with Crippen LogP contribution in [0.2, 0.25) is 0 Å². The molecule has 1 fully saturated rings. The normalized spacial score (nSPS) is 22.1. The summed E-state index contributed by atoms with van der Waals surface area (Å²) in [5, 5.41) is 8.94. The minimum Gasteiger partial charge on any atom is -0.480 e. The van der Waals surface area contributed by atoms with Gasteiger partial charge in [0.25, 0.3) is 0 Å². The highest BCUT2D eigenvalue weighted by atomic mass is 16.4. The molecule has 16 heavy (non-hydrogen) atoms. The highest BCUT2D eigenvalue weighted by molar-refractivity contribution is 5.84. The van der Waals surface area contributed by atoms with Crippen LogP contribution in [0, 0.1) is 0 Å². The largest absolute Gasteiger partial charge is 0.480 e. The van der Waals surface area contributed by atoms with Crippen molar-refractivity contribution in [3.8, 4) is 0 Å². The van der Waals surface area contributed by atoms with Crippen LogP contribution in [0.3, 0.4) is 0 Å². The zero-order valence-corrected chi connectivity index (χ0v) is 9.69. The van der Waals surface area contributed by atoms with Gasteiger partial charge in [-0.15, -0.1) is 0 Å². The molecule has 1 aliphatic rings. The summed E-state index contributed by atoms with van der Waals surface area (Å²) < 4.78 is 0. The van der Waals surface area contributed by atoms with Crippen molar-refractivity contribution in [1.82, 2.24) is 4.90 Å². The van der Waals surface area contributed by atoms with Gasteiger partial charge in [-0.25, -0.2) is 4.79 Å². The van der Waals surface area contributed by atoms with E-state index in [-0.39, 0.29) is 18.4 Å². The van der Waals surface area contributed by atoms with E-state index >= 15 is 0 Å². The topological polar surface area (TPSA) is 83.6 Å². The van der Waals surface area contributed by atoms with E-state index in [1.165, 1.54) is 4.90 Å². The van der Waals surface area contributed by atoms with Crippen LogP contribution in [0.1, 0.15) is 39.0 Å². The second kappa shape index (κ2) is 5.84. The van der Waals surface area contributed by atoms with Gasteiger partial charge in [0.2, 0.25) is 5.91 Å². The van der Waals surface area contributed by atoms with Crippen molar-refractivity contribution in [1.29, 1.82) is 0 Å². The molecule has 92 valence electrons. The van der Waals surface area contributed by atoms with Crippen LogP contribution in [0.25, 0.3) is 0 Å². The van der Waals surface area contributed by atoms with Crippen LogP contribution in [0.15, 0.2) is 0 Å². The van der Waals surface area contributed by atoms with E-state index in [2.05, 4.69) is 0 Å². The number of hydrogen-bond acceptors (Lipinski definition) is 3. The first kappa shape index (κ1) is 13.0. The average Bonchev–Trinajstić information content (AvgIpc) is 2.65. The second-order valence-electron chi connectivity index (χ2n) is 4.34. The van der Waals surface area contributed by atoms with Gasteiger partial charge in [-0.1, -0.05) is 13.3 Å². The fraction of sp³-hybridized carbons (Fsp3) is 0.818. The fourth-order valence-corrected chi connectivity index (χ4v) is 2.14. The molecule has 5 heteroatoms. The predicted molar refractivity (Wildman–Crippen MR) is 59.9 cm³/mol. The van der Waals surface area contributed by atoms with E-state index in [0.29, 0.717) is 13.0 Å². The van der Waals surface area contributed by atoms with Gasteiger partial charge < -0.3 is 15.7 Å². The maximum Gasteiger partial charge on any atom is 0.326 e. The molecule has 0 saturated carbocycles. The Bertz CT molecular complexity index is 268. The number of hydrogen-bond donors (Lipinski definition) is 2. The Balaban J connectivity index is 2.49. The molecular weight excluding hydrogens is 208 g/mol. The monoisotopic (exact) mass is 228 g/mol. The Morgan fingerprint density at radius 1 is 1.56 bits per heavy atom. The molecule has 0 radical (unpaired) electrons. The molecule has 0 aliphatic carbocycles. The molecule has 0 aromatic heterocycles. The summed E-state index contributed by atoms with van der Waals surface area (Å²) in [5.74, 6) is -1.03. The van der Waals surface area contributed by atoms with E-state index in [0.717, 1.165) is 19.3 Å². The number of carboxylic acids is 1. The number of carbonyl (C=O) groups is 2. The third-order valence-corrected chi connectivity index (χ3v) is 2.95. The quantitative estimate of drug-likeness (QED) is 0.721. The van der Waals surface area contributed by atoms with Gasteiger partial charge in [0, 0.05) is 19.0 Å². The molecule has 1 rings (SSSR count). The number of rotatable bonds is 5. The number of amides is 1. The van der Waals surface area contributed by atoms with Crippen LogP contribution in [-0.2, 0) is 9.59 Å². The number of nitrogens with zero attached hydrogens (tertiary/aromatic N) is 1. The van der Waals surface area contributed by atoms with Crippen molar-refractivity contribution in [2.45, 2.75) is 51.1 Å². The number of carbonyl (C=O) groups excluding carboxylic acids is 1. The maximum atomic E-state index is 11.8. The SMILES string of the molecule is CCCC(N)CC(=O)N1CCC[C@@H]1C(=O)O. The Labute approximate surface area is 95.6 Å². The van der Waals surface area contributed by atoms with Crippen molar-refractivity contribution in [2.24, 2.45) is 5.73 Å². The Hall–Kier alpha value is -1.10. The summed E-state index contributed by atoms with van der Waals surface area (Å²) in [4.78, 5) is 24.2. The summed E-state index contributed by atoms with van der Waals surface area (Å²) in [5.41, 5.74) is 5.78. The van der Waals surface area contributed by atoms with Gasteiger partial charge in [0.15, 0.2) is 0 Å². The lowest BCUT2D eigenvalue weighted by atomic mass is 10.1. The molecule has 1 saturated heterocycles. The molecule has 1 heterocycles. The minimum atomic E-state index is -0.907. The van der Waals surface area contributed by atoms with Gasteiger partial charge in [0.1, 0.15) is 6.04 Å². The third kappa shape index (κ3) is 3.20. The smallest absolute Gasteiger partial charge is 0.326 e. The zero-order chi connectivity index (χ0) is 12.1. The molecule has 1 aliphatic heterocycles. The summed E-state index contributed by atoms with van der Waals surface area (Å²) in [6.45, 7) is 2.56. The Kier molecular flexibility index (Phi) is 4.73. The Morgan fingerprint density at radius 2 is 2.25 bits per heavy atom. The van der Waals surface area contributed by atoms with Crippen molar-refractivity contribution in [2.75, 3.05) is 6.54 Å². The van der Waals surface area contributed by atoms with Gasteiger partial charge in [-0.3, -0.25) is 4.79 Å². The molecule has 3 N–H and O–H groups in total. The lowest BCUT2D eigenvalue weighted by Gasteiger charge is -2.23. The summed E-state index contributed by atoms with van der Waals surface area (Å²) in [6.07, 6.45) is 3.33. The average molecular weight is 228 g/mol. The molecule has 0 spiro atoms. The van der Waals surface area contributed by atoms with Gasteiger partial charge in [-0.2, -0.15) is 0 Å². The molecular formula is C11H20N2O3. The molecule has 0 aromatic rings. The first-order valence-electron chi connectivity index (χ1n) is 5.84. The third-order valence-electron chi connectivity index (χ3n) is 2.95. The van der Waals surface area contributed by atoms with Crippen LogP contribution in [0.4, 0.5) is 0 Å². The van der Waals surface area contributed by atoms with E-state index in [1.807, 2.05) is 6.92 Å². The molecule has 1 amide bonds. The molecule has 1 unspecified atom stereocenters. The van der Waals surface area contributed by atoms with E-state index < -0.39 is 12.0 Å².